The maximum absolute atomic E-state index is 12.5. The van der Waals surface area contributed by atoms with Crippen LogP contribution in [-0.2, 0) is 9.53 Å². The third-order valence-electron chi connectivity index (χ3n) is 3.83. The summed E-state index contributed by atoms with van der Waals surface area (Å²) < 4.78 is 6.25. The number of thiophene rings is 1. The molecule has 2 aromatic carbocycles. The van der Waals surface area contributed by atoms with Gasteiger partial charge in [0.15, 0.2) is 6.10 Å². The third kappa shape index (κ3) is 3.52. The number of likely N-dealkylation sites (N-methyl/N-ethyl adjacent to an activating group) is 1. The monoisotopic (exact) mass is 373 g/mol. The Morgan fingerprint density at radius 3 is 2.40 bits per heavy atom. The Kier molecular flexibility index (Phi) is 5.06. The zero-order valence-electron chi connectivity index (χ0n) is 13.7. The lowest BCUT2D eigenvalue weighted by atomic mass is 10.2. The van der Waals surface area contributed by atoms with Crippen molar-refractivity contribution in [3.63, 3.8) is 0 Å². The number of halogens is 1. The first-order valence-corrected chi connectivity index (χ1v) is 8.89. The van der Waals surface area contributed by atoms with Crippen molar-refractivity contribution in [1.82, 2.24) is 0 Å². The highest BCUT2D eigenvalue weighted by Crippen LogP contribution is 2.35. The second-order valence-corrected chi connectivity index (χ2v) is 6.95. The van der Waals surface area contributed by atoms with E-state index in [2.05, 4.69) is 0 Å². The van der Waals surface area contributed by atoms with Crippen LogP contribution >= 0.6 is 22.9 Å². The van der Waals surface area contributed by atoms with Crippen molar-refractivity contribution in [2.24, 2.45) is 0 Å². The molecule has 0 fully saturated rings. The largest absolute Gasteiger partial charge is 0.448 e. The lowest BCUT2D eigenvalue weighted by Gasteiger charge is -2.21. The van der Waals surface area contributed by atoms with Crippen LogP contribution in [0.15, 0.2) is 54.6 Å². The molecule has 0 bridgehead atoms. The molecule has 0 N–H and O–H groups in total. The van der Waals surface area contributed by atoms with Gasteiger partial charge in [0.2, 0.25) is 0 Å². The normalized spacial score (nSPS) is 12.0. The number of esters is 1. The number of fused-ring (bicyclic) bond motifs is 1. The van der Waals surface area contributed by atoms with Gasteiger partial charge in [0, 0.05) is 22.8 Å². The number of amides is 1. The Hall–Kier alpha value is -2.37. The van der Waals surface area contributed by atoms with Gasteiger partial charge in [-0.1, -0.05) is 48.0 Å². The minimum atomic E-state index is -0.918. The summed E-state index contributed by atoms with van der Waals surface area (Å²) >= 11 is 7.55. The van der Waals surface area contributed by atoms with Crippen molar-refractivity contribution in [2.45, 2.75) is 13.0 Å². The number of ether oxygens (including phenoxy) is 1. The summed E-state index contributed by atoms with van der Waals surface area (Å²) in [5, 5.41) is 1.17. The molecule has 128 valence electrons. The molecule has 0 aliphatic carbocycles. The molecule has 0 saturated carbocycles. The number of benzene rings is 2. The highest BCUT2D eigenvalue weighted by Gasteiger charge is 2.25. The van der Waals surface area contributed by atoms with Crippen LogP contribution in [-0.4, -0.2) is 25.0 Å². The molecule has 4 nitrogen and oxygen atoms in total. The molecule has 0 aliphatic rings. The van der Waals surface area contributed by atoms with Crippen molar-refractivity contribution < 1.29 is 14.3 Å². The van der Waals surface area contributed by atoms with Crippen LogP contribution in [0.5, 0.6) is 0 Å². The number of hydrogen-bond donors (Lipinski definition) is 0. The van der Waals surface area contributed by atoms with Crippen molar-refractivity contribution in [2.75, 3.05) is 11.9 Å². The average molecular weight is 374 g/mol. The molecule has 0 spiro atoms. The maximum Gasteiger partial charge on any atom is 0.350 e. The molecule has 0 aliphatic heterocycles. The van der Waals surface area contributed by atoms with Gasteiger partial charge in [0.05, 0.1) is 5.02 Å². The van der Waals surface area contributed by atoms with Crippen LogP contribution in [0.4, 0.5) is 5.69 Å². The second kappa shape index (κ2) is 7.25. The molecule has 1 atom stereocenters. The zero-order chi connectivity index (χ0) is 18.0. The maximum atomic E-state index is 12.5. The number of anilines is 1. The van der Waals surface area contributed by atoms with E-state index in [1.807, 2.05) is 54.6 Å². The van der Waals surface area contributed by atoms with Crippen molar-refractivity contribution in [3.05, 3.63) is 64.5 Å². The van der Waals surface area contributed by atoms with Crippen LogP contribution in [0.1, 0.15) is 16.6 Å². The van der Waals surface area contributed by atoms with E-state index in [9.17, 15) is 9.59 Å². The quantitative estimate of drug-likeness (QED) is 0.619. The predicted molar refractivity (Wildman–Crippen MR) is 102 cm³/mol. The fourth-order valence-corrected chi connectivity index (χ4v) is 3.85. The van der Waals surface area contributed by atoms with Crippen molar-refractivity contribution in [1.29, 1.82) is 0 Å². The predicted octanol–water partition coefficient (Wildman–Crippen LogP) is 4.76. The Labute approximate surface area is 154 Å². The third-order valence-corrected chi connectivity index (χ3v) is 5.48. The minimum absolute atomic E-state index is 0.309. The van der Waals surface area contributed by atoms with Crippen LogP contribution in [0, 0.1) is 0 Å². The van der Waals surface area contributed by atoms with E-state index in [1.54, 1.807) is 14.0 Å². The number of para-hydroxylation sites is 1. The molecule has 0 radical (unpaired) electrons. The molecule has 3 rings (SSSR count). The first-order chi connectivity index (χ1) is 12.0. The van der Waals surface area contributed by atoms with Gasteiger partial charge in [-0.2, -0.15) is 0 Å². The number of hydrogen-bond acceptors (Lipinski definition) is 4. The van der Waals surface area contributed by atoms with Gasteiger partial charge in [-0.05, 0) is 25.1 Å². The summed E-state index contributed by atoms with van der Waals surface area (Å²) in [5.74, 6) is -0.898. The summed E-state index contributed by atoms with van der Waals surface area (Å²) in [6.45, 7) is 1.56. The fourth-order valence-electron chi connectivity index (χ4n) is 2.46. The zero-order valence-corrected chi connectivity index (χ0v) is 15.3. The van der Waals surface area contributed by atoms with Gasteiger partial charge in [0.25, 0.3) is 5.91 Å². The second-order valence-electron chi connectivity index (χ2n) is 5.52. The summed E-state index contributed by atoms with van der Waals surface area (Å²) in [5.41, 5.74) is 0.732. The van der Waals surface area contributed by atoms with Gasteiger partial charge < -0.3 is 9.64 Å². The van der Waals surface area contributed by atoms with Gasteiger partial charge in [0.1, 0.15) is 4.88 Å². The summed E-state index contributed by atoms with van der Waals surface area (Å²) in [7, 11) is 1.65. The SMILES string of the molecule is CC(OC(=O)c1sc2ccccc2c1Cl)C(=O)N(C)c1ccccc1. The Balaban J connectivity index is 1.75. The summed E-state index contributed by atoms with van der Waals surface area (Å²) in [4.78, 5) is 26.7. The van der Waals surface area contributed by atoms with Crippen molar-refractivity contribution in [3.8, 4) is 0 Å². The lowest BCUT2D eigenvalue weighted by Crippen LogP contribution is -2.37. The standard InChI is InChI=1S/C19H16ClNO3S/c1-12(18(22)21(2)13-8-4-3-5-9-13)24-19(23)17-16(20)14-10-6-7-11-15(14)25-17/h3-12H,1-2H3. The molecule has 1 heterocycles. The Bertz CT molecular complexity index is 923. The molecule has 1 aromatic heterocycles. The van der Waals surface area contributed by atoms with Gasteiger partial charge in [-0.25, -0.2) is 4.79 Å². The number of nitrogens with zero attached hydrogens (tertiary/aromatic N) is 1. The van der Waals surface area contributed by atoms with Gasteiger partial charge in [-0.15, -0.1) is 11.3 Å². The van der Waals surface area contributed by atoms with E-state index in [0.717, 1.165) is 15.8 Å². The molecule has 3 aromatic rings. The molecule has 6 heteroatoms. The smallest absolute Gasteiger partial charge is 0.350 e. The molecular weight excluding hydrogens is 358 g/mol. The Morgan fingerprint density at radius 2 is 1.72 bits per heavy atom. The van der Waals surface area contributed by atoms with Gasteiger partial charge in [-0.3, -0.25) is 4.79 Å². The summed E-state index contributed by atoms with van der Waals surface area (Å²) in [6.07, 6.45) is -0.918. The summed E-state index contributed by atoms with van der Waals surface area (Å²) in [6, 6.07) is 16.7. The van der Waals surface area contributed by atoms with Crippen LogP contribution in [0.3, 0.4) is 0 Å². The van der Waals surface area contributed by atoms with Crippen molar-refractivity contribution >= 4 is 50.6 Å². The first-order valence-electron chi connectivity index (χ1n) is 7.69. The topological polar surface area (TPSA) is 46.6 Å². The molecule has 0 saturated heterocycles. The van der Waals surface area contributed by atoms with Gasteiger partial charge >= 0.3 is 5.97 Å². The molecule has 1 unspecified atom stereocenters. The number of carbonyl (C=O) groups excluding carboxylic acids is 2. The number of carbonyl (C=O) groups is 2. The highest BCUT2D eigenvalue weighted by molar-refractivity contribution is 7.21. The molecule has 1 amide bonds. The molecule has 25 heavy (non-hydrogen) atoms. The fraction of sp³-hybridized carbons (Fsp3) is 0.158. The highest BCUT2D eigenvalue weighted by atomic mass is 35.5. The van der Waals surface area contributed by atoms with E-state index >= 15 is 0 Å². The minimum Gasteiger partial charge on any atom is -0.448 e. The lowest BCUT2D eigenvalue weighted by molar-refractivity contribution is -0.126. The Morgan fingerprint density at radius 1 is 1.08 bits per heavy atom. The van der Waals surface area contributed by atoms with Crippen LogP contribution < -0.4 is 4.90 Å². The first kappa shape index (κ1) is 17.5. The van der Waals surface area contributed by atoms with E-state index in [0.29, 0.717) is 9.90 Å². The molecular formula is C19H16ClNO3S. The van der Waals surface area contributed by atoms with Crippen LogP contribution in [0.25, 0.3) is 10.1 Å². The van der Waals surface area contributed by atoms with E-state index in [1.165, 1.54) is 16.2 Å². The average Bonchev–Trinajstić information content (AvgIpc) is 2.98. The van der Waals surface area contributed by atoms with E-state index < -0.39 is 12.1 Å². The van der Waals surface area contributed by atoms with E-state index in [4.69, 9.17) is 16.3 Å². The number of rotatable bonds is 4. The van der Waals surface area contributed by atoms with Crippen LogP contribution in [0.2, 0.25) is 5.02 Å². The van der Waals surface area contributed by atoms with E-state index in [-0.39, 0.29) is 5.91 Å².